The average molecular weight is 347 g/mol. The highest BCUT2D eigenvalue weighted by Crippen LogP contribution is 2.23. The van der Waals surface area contributed by atoms with E-state index in [2.05, 4.69) is 5.32 Å². The zero-order valence-electron chi connectivity index (χ0n) is 12.3. The number of amides is 1. The van der Waals surface area contributed by atoms with E-state index in [-0.39, 0.29) is 6.54 Å². The number of rotatable bonds is 4. The minimum atomic E-state index is -2.28. The molecule has 0 saturated carbocycles. The van der Waals surface area contributed by atoms with Crippen LogP contribution < -0.4 is 5.32 Å². The van der Waals surface area contributed by atoms with Crippen LogP contribution >= 0.6 is 0 Å². The van der Waals surface area contributed by atoms with E-state index in [9.17, 15) is 31.1 Å². The number of nitrogens with one attached hydrogen (secondary N) is 1. The molecule has 2 rings (SSSR count). The predicted molar refractivity (Wildman–Crippen MR) is 72.9 cm³/mol. The lowest BCUT2D eigenvalue weighted by Crippen LogP contribution is -2.26. The molecule has 0 aliphatic carbocycles. The minimum absolute atomic E-state index is 0.0879. The largest absolute Gasteiger partial charge is 0.352 e. The third kappa shape index (κ3) is 3.52. The molecule has 0 atom stereocenters. The van der Waals surface area contributed by atoms with Gasteiger partial charge in [-0.25, -0.2) is 26.3 Å². The summed E-state index contributed by atoms with van der Waals surface area (Å²) in [4.78, 5) is 11.7. The van der Waals surface area contributed by atoms with Crippen LogP contribution in [0.15, 0.2) is 18.2 Å². The Morgan fingerprint density at radius 1 is 0.917 bits per heavy atom. The lowest BCUT2D eigenvalue weighted by molar-refractivity contribution is -0.120. The molecule has 2 aromatic rings. The van der Waals surface area contributed by atoms with E-state index in [1.165, 1.54) is 25.1 Å². The van der Waals surface area contributed by atoms with Gasteiger partial charge in [-0.3, -0.25) is 4.79 Å². The number of carbonyl (C=O) groups is 1. The van der Waals surface area contributed by atoms with Gasteiger partial charge in [0.15, 0.2) is 23.3 Å². The van der Waals surface area contributed by atoms with Crippen LogP contribution in [0.2, 0.25) is 0 Å². The predicted octanol–water partition coefficient (Wildman–Crippen LogP) is 3.69. The van der Waals surface area contributed by atoms with Crippen LogP contribution in [0.1, 0.15) is 16.7 Å². The number of benzene rings is 2. The summed E-state index contributed by atoms with van der Waals surface area (Å²) < 4.78 is 79.1. The topological polar surface area (TPSA) is 29.1 Å². The molecular formula is C16H11F6NO. The summed E-state index contributed by atoms with van der Waals surface area (Å²) in [5, 5.41) is 2.27. The van der Waals surface area contributed by atoms with E-state index in [4.69, 9.17) is 0 Å². The van der Waals surface area contributed by atoms with Gasteiger partial charge in [0, 0.05) is 12.1 Å². The van der Waals surface area contributed by atoms with E-state index in [1.54, 1.807) is 0 Å². The quantitative estimate of drug-likeness (QED) is 0.510. The molecule has 128 valence electrons. The Kier molecular flexibility index (Phi) is 5.16. The van der Waals surface area contributed by atoms with Gasteiger partial charge in [-0.15, -0.1) is 0 Å². The van der Waals surface area contributed by atoms with Gasteiger partial charge in [-0.05, 0) is 24.1 Å². The maximum absolute atomic E-state index is 13.5. The molecule has 0 bridgehead atoms. The monoisotopic (exact) mass is 347 g/mol. The maximum atomic E-state index is 13.5. The van der Waals surface area contributed by atoms with Gasteiger partial charge in [0.2, 0.25) is 11.7 Å². The van der Waals surface area contributed by atoms with E-state index >= 15 is 0 Å². The Bertz CT molecular complexity index is 777. The van der Waals surface area contributed by atoms with Gasteiger partial charge >= 0.3 is 0 Å². The minimum Gasteiger partial charge on any atom is -0.352 e. The molecule has 0 radical (unpaired) electrons. The van der Waals surface area contributed by atoms with E-state index in [0.717, 1.165) is 0 Å². The van der Waals surface area contributed by atoms with Gasteiger partial charge in [-0.2, -0.15) is 0 Å². The highest BCUT2D eigenvalue weighted by Gasteiger charge is 2.26. The molecule has 0 aromatic heterocycles. The van der Waals surface area contributed by atoms with Crippen molar-refractivity contribution in [2.24, 2.45) is 0 Å². The summed E-state index contributed by atoms with van der Waals surface area (Å²) in [5.74, 6) is -12.0. The van der Waals surface area contributed by atoms with E-state index < -0.39 is 52.8 Å². The summed E-state index contributed by atoms with van der Waals surface area (Å²) in [6, 6.07) is 4.02. The molecule has 2 aromatic carbocycles. The van der Waals surface area contributed by atoms with Crippen LogP contribution in [0.5, 0.6) is 0 Å². The number of aryl methyl sites for hydroxylation is 1. The molecular weight excluding hydrogens is 336 g/mol. The Hall–Kier alpha value is -2.51. The van der Waals surface area contributed by atoms with Gasteiger partial charge in [0.05, 0.1) is 6.42 Å². The normalized spacial score (nSPS) is 10.8. The molecule has 0 spiro atoms. The first-order valence-electron chi connectivity index (χ1n) is 6.74. The Morgan fingerprint density at radius 3 is 2.00 bits per heavy atom. The molecule has 0 saturated heterocycles. The lowest BCUT2D eigenvalue weighted by atomic mass is 10.1. The summed E-state index contributed by atoms with van der Waals surface area (Å²) in [6.07, 6.45) is -1.02. The summed E-state index contributed by atoms with van der Waals surface area (Å²) >= 11 is 0. The highest BCUT2D eigenvalue weighted by atomic mass is 19.2. The third-order valence-electron chi connectivity index (χ3n) is 3.35. The summed E-state index contributed by atoms with van der Waals surface area (Å²) in [6.45, 7) is 1.42. The second kappa shape index (κ2) is 6.94. The molecule has 0 heterocycles. The van der Waals surface area contributed by atoms with Crippen molar-refractivity contribution in [1.82, 2.24) is 5.32 Å². The summed E-state index contributed by atoms with van der Waals surface area (Å²) in [7, 11) is 0. The van der Waals surface area contributed by atoms with Crippen molar-refractivity contribution < 1.29 is 31.1 Å². The van der Waals surface area contributed by atoms with Gasteiger partial charge in [0.25, 0.3) is 0 Å². The second-order valence-electron chi connectivity index (χ2n) is 5.09. The van der Waals surface area contributed by atoms with Gasteiger partial charge in [-0.1, -0.05) is 12.1 Å². The first-order chi connectivity index (χ1) is 11.2. The second-order valence-corrected chi connectivity index (χ2v) is 5.09. The van der Waals surface area contributed by atoms with Crippen molar-refractivity contribution in [3.63, 3.8) is 0 Å². The standard InChI is InChI=1S/C16H11F6NO/c1-7-4-8(2-3-10(7)17)6-23-11(24)5-9-12(18)14(20)16(22)15(21)13(9)19/h2-4H,5-6H2,1H3,(H,23,24). The SMILES string of the molecule is Cc1cc(CNC(=O)Cc2c(F)c(F)c(F)c(F)c2F)ccc1F. The van der Waals surface area contributed by atoms with Crippen LogP contribution in [-0.4, -0.2) is 5.91 Å². The van der Waals surface area contributed by atoms with Crippen LogP contribution in [0.4, 0.5) is 26.3 Å². The van der Waals surface area contributed by atoms with Crippen LogP contribution in [0.25, 0.3) is 0 Å². The average Bonchev–Trinajstić information content (AvgIpc) is 2.56. The van der Waals surface area contributed by atoms with Crippen molar-refractivity contribution >= 4 is 5.91 Å². The molecule has 0 aliphatic heterocycles. The molecule has 0 fully saturated rings. The van der Waals surface area contributed by atoms with Crippen molar-refractivity contribution in [2.75, 3.05) is 0 Å². The van der Waals surface area contributed by atoms with Crippen LogP contribution in [0.3, 0.4) is 0 Å². The smallest absolute Gasteiger partial charge is 0.224 e. The number of hydrogen-bond acceptors (Lipinski definition) is 1. The number of halogens is 6. The van der Waals surface area contributed by atoms with Gasteiger partial charge in [0.1, 0.15) is 5.82 Å². The fraction of sp³-hybridized carbons (Fsp3) is 0.188. The molecule has 1 N–H and O–H groups in total. The molecule has 2 nitrogen and oxygen atoms in total. The van der Waals surface area contributed by atoms with Gasteiger partial charge < -0.3 is 5.32 Å². The van der Waals surface area contributed by atoms with Crippen LogP contribution in [0, 0.1) is 41.8 Å². The molecule has 1 amide bonds. The van der Waals surface area contributed by atoms with E-state index in [0.29, 0.717) is 11.1 Å². The Balaban J connectivity index is 2.11. The van der Waals surface area contributed by atoms with Crippen molar-refractivity contribution in [1.29, 1.82) is 0 Å². The summed E-state index contributed by atoms with van der Waals surface area (Å²) in [5.41, 5.74) is -0.361. The lowest BCUT2D eigenvalue weighted by Gasteiger charge is -2.09. The fourth-order valence-corrected chi connectivity index (χ4v) is 2.05. The number of carbonyl (C=O) groups excluding carboxylic acids is 1. The van der Waals surface area contributed by atoms with Crippen LogP contribution in [-0.2, 0) is 17.8 Å². The zero-order chi connectivity index (χ0) is 18.0. The van der Waals surface area contributed by atoms with Crippen molar-refractivity contribution in [2.45, 2.75) is 19.9 Å². The Morgan fingerprint density at radius 2 is 1.46 bits per heavy atom. The Labute approximate surface area is 133 Å². The van der Waals surface area contributed by atoms with E-state index in [1.807, 2.05) is 0 Å². The molecule has 8 heteroatoms. The first kappa shape index (κ1) is 17.8. The maximum Gasteiger partial charge on any atom is 0.224 e. The molecule has 0 aliphatic rings. The van der Waals surface area contributed by atoms with Crippen molar-refractivity contribution in [3.8, 4) is 0 Å². The fourth-order valence-electron chi connectivity index (χ4n) is 2.05. The zero-order valence-corrected chi connectivity index (χ0v) is 12.3. The first-order valence-corrected chi connectivity index (χ1v) is 6.74. The molecule has 0 unspecified atom stereocenters. The number of hydrogen-bond donors (Lipinski definition) is 1. The molecule has 24 heavy (non-hydrogen) atoms. The highest BCUT2D eigenvalue weighted by molar-refractivity contribution is 5.78. The third-order valence-corrected chi connectivity index (χ3v) is 3.35. The van der Waals surface area contributed by atoms with Crippen molar-refractivity contribution in [3.05, 3.63) is 69.8 Å².